The largest absolute Gasteiger partial charge is 0.494 e. The molecule has 1 N–H and O–H groups in total. The number of benzene rings is 2. The second-order valence-corrected chi connectivity index (χ2v) is 7.48. The van der Waals surface area contributed by atoms with Crippen LogP contribution in [0.4, 0.5) is 5.69 Å². The molecule has 0 radical (unpaired) electrons. The predicted octanol–water partition coefficient (Wildman–Crippen LogP) is 4.58. The highest BCUT2D eigenvalue weighted by Gasteiger charge is 2.16. The number of carbonyl (C=O) groups excluding carboxylic acids is 4. The number of rotatable bonds is 14. The Morgan fingerprint density at radius 2 is 1.59 bits per heavy atom. The molecule has 34 heavy (non-hydrogen) atoms. The number of ether oxygens (including phenoxy) is 3. The van der Waals surface area contributed by atoms with Gasteiger partial charge < -0.3 is 19.5 Å². The van der Waals surface area contributed by atoms with Gasteiger partial charge in [0.1, 0.15) is 5.75 Å². The van der Waals surface area contributed by atoms with Crippen molar-refractivity contribution < 1.29 is 33.4 Å². The van der Waals surface area contributed by atoms with Crippen LogP contribution in [0.2, 0.25) is 0 Å². The Hall–Kier alpha value is -3.68. The third-order valence-corrected chi connectivity index (χ3v) is 4.81. The summed E-state index contributed by atoms with van der Waals surface area (Å²) in [6, 6.07) is 13.2. The van der Waals surface area contributed by atoms with E-state index in [1.807, 2.05) is 0 Å². The van der Waals surface area contributed by atoms with Crippen LogP contribution in [0.15, 0.2) is 48.5 Å². The average Bonchev–Trinajstić information content (AvgIpc) is 2.84. The highest BCUT2D eigenvalue weighted by atomic mass is 16.5. The normalized spacial score (nSPS) is 10.3. The molecule has 2 rings (SSSR count). The first-order chi connectivity index (χ1) is 16.4. The molecule has 0 saturated heterocycles. The summed E-state index contributed by atoms with van der Waals surface area (Å²) in [5.41, 5.74) is 0.934. The van der Waals surface area contributed by atoms with Crippen molar-refractivity contribution in [3.8, 4) is 5.75 Å². The van der Waals surface area contributed by atoms with Gasteiger partial charge in [0.25, 0.3) is 5.91 Å². The number of nitrogens with one attached hydrogen (secondary N) is 1. The molecule has 0 atom stereocenters. The molecule has 0 unspecified atom stereocenters. The summed E-state index contributed by atoms with van der Waals surface area (Å²) < 4.78 is 15.5. The first-order valence-electron chi connectivity index (χ1n) is 11.4. The fourth-order valence-corrected chi connectivity index (χ4v) is 3.02. The summed E-state index contributed by atoms with van der Waals surface area (Å²) in [7, 11) is 0. The van der Waals surface area contributed by atoms with Crippen molar-refractivity contribution in [2.24, 2.45) is 0 Å². The molecule has 0 aliphatic heterocycles. The summed E-state index contributed by atoms with van der Waals surface area (Å²) in [6.07, 6.45) is 3.02. The lowest BCUT2D eigenvalue weighted by Crippen LogP contribution is -2.22. The van der Waals surface area contributed by atoms with Crippen LogP contribution < -0.4 is 10.1 Å². The average molecular weight is 470 g/mol. The summed E-state index contributed by atoms with van der Waals surface area (Å²) in [6.45, 7) is 4.11. The van der Waals surface area contributed by atoms with Gasteiger partial charge in [-0.3, -0.25) is 14.4 Å². The summed E-state index contributed by atoms with van der Waals surface area (Å²) >= 11 is 0. The van der Waals surface area contributed by atoms with E-state index in [1.54, 1.807) is 49.4 Å². The van der Waals surface area contributed by atoms with Gasteiger partial charge in [0.05, 0.1) is 30.9 Å². The van der Waals surface area contributed by atoms with E-state index in [1.165, 1.54) is 6.07 Å². The maximum atomic E-state index is 12.3. The number of anilines is 1. The molecule has 0 fully saturated rings. The zero-order valence-electron chi connectivity index (χ0n) is 19.6. The minimum atomic E-state index is -0.668. The van der Waals surface area contributed by atoms with Crippen molar-refractivity contribution in [1.29, 1.82) is 0 Å². The second-order valence-electron chi connectivity index (χ2n) is 7.48. The monoisotopic (exact) mass is 469 g/mol. The lowest BCUT2D eigenvalue weighted by molar-refractivity contribution is -0.147. The van der Waals surface area contributed by atoms with Crippen molar-refractivity contribution in [3.63, 3.8) is 0 Å². The molecule has 8 heteroatoms. The standard InChI is InChI=1S/C26H31NO7/c1-3-5-8-17-33-20-13-11-19(12-14-20)23(28)15-16-25(30)34-18-24(29)27-22-10-7-6-9-21(22)26(31)32-4-2/h6-7,9-14H,3-5,8,15-18H2,1-2H3,(H,27,29). The number of carbonyl (C=O) groups is 4. The number of Topliss-reactive ketones (excluding diaryl/α,β-unsaturated/α-hetero) is 1. The van der Waals surface area contributed by atoms with Gasteiger partial charge >= 0.3 is 11.9 Å². The first-order valence-corrected chi connectivity index (χ1v) is 11.4. The van der Waals surface area contributed by atoms with Crippen molar-refractivity contribution in [2.45, 2.75) is 46.0 Å². The van der Waals surface area contributed by atoms with Crippen LogP contribution in [0, 0.1) is 0 Å². The van der Waals surface area contributed by atoms with Crippen molar-refractivity contribution in [3.05, 3.63) is 59.7 Å². The van der Waals surface area contributed by atoms with E-state index in [0.29, 0.717) is 17.9 Å². The Kier molecular flexibility index (Phi) is 11.3. The summed E-state index contributed by atoms with van der Waals surface area (Å²) in [4.78, 5) is 48.4. The number of esters is 2. The Morgan fingerprint density at radius 3 is 2.29 bits per heavy atom. The van der Waals surface area contributed by atoms with Gasteiger partial charge in [0.2, 0.25) is 0 Å². The van der Waals surface area contributed by atoms with Crippen LogP contribution in [0.3, 0.4) is 0 Å². The molecule has 182 valence electrons. The number of unbranched alkanes of at least 4 members (excludes halogenated alkanes) is 2. The minimum absolute atomic E-state index is 0.0388. The Labute approximate surface area is 199 Å². The van der Waals surface area contributed by atoms with Crippen LogP contribution in [0.5, 0.6) is 5.75 Å². The van der Waals surface area contributed by atoms with Crippen molar-refractivity contribution >= 4 is 29.3 Å². The van der Waals surface area contributed by atoms with E-state index >= 15 is 0 Å². The Balaban J connectivity index is 1.75. The first kappa shape index (κ1) is 26.6. The summed E-state index contributed by atoms with van der Waals surface area (Å²) in [5, 5.41) is 2.53. The third kappa shape index (κ3) is 9.05. The fraction of sp³-hybridized carbons (Fsp3) is 0.385. The lowest BCUT2D eigenvalue weighted by atomic mass is 10.1. The van der Waals surface area contributed by atoms with E-state index in [2.05, 4.69) is 12.2 Å². The Morgan fingerprint density at radius 1 is 0.853 bits per heavy atom. The zero-order valence-corrected chi connectivity index (χ0v) is 19.6. The van der Waals surface area contributed by atoms with Gasteiger partial charge in [-0.25, -0.2) is 4.79 Å². The zero-order chi connectivity index (χ0) is 24.8. The highest BCUT2D eigenvalue weighted by Crippen LogP contribution is 2.17. The molecule has 0 bridgehead atoms. The van der Waals surface area contributed by atoms with Gasteiger partial charge in [-0.1, -0.05) is 31.9 Å². The molecule has 2 aromatic rings. The molecule has 0 aliphatic rings. The minimum Gasteiger partial charge on any atom is -0.494 e. The number of amides is 1. The molecule has 2 aromatic carbocycles. The van der Waals surface area contributed by atoms with Gasteiger partial charge in [0, 0.05) is 12.0 Å². The number of hydrogen-bond donors (Lipinski definition) is 1. The maximum Gasteiger partial charge on any atom is 0.340 e. The van der Waals surface area contributed by atoms with Crippen LogP contribution in [0.1, 0.15) is 66.7 Å². The van der Waals surface area contributed by atoms with E-state index in [9.17, 15) is 19.2 Å². The molecule has 0 aliphatic carbocycles. The highest BCUT2D eigenvalue weighted by molar-refractivity contribution is 6.02. The topological polar surface area (TPSA) is 108 Å². The second kappa shape index (κ2) is 14.5. The van der Waals surface area contributed by atoms with Gasteiger partial charge in [-0.05, 0) is 49.7 Å². The van der Waals surface area contributed by atoms with Crippen molar-refractivity contribution in [2.75, 3.05) is 25.1 Å². The van der Waals surface area contributed by atoms with Crippen LogP contribution in [0.25, 0.3) is 0 Å². The molecule has 8 nitrogen and oxygen atoms in total. The molecular formula is C26H31NO7. The lowest BCUT2D eigenvalue weighted by Gasteiger charge is -2.10. The Bertz CT molecular complexity index is 969. The van der Waals surface area contributed by atoms with E-state index in [4.69, 9.17) is 14.2 Å². The fourth-order valence-electron chi connectivity index (χ4n) is 3.02. The van der Waals surface area contributed by atoms with Crippen LogP contribution in [-0.2, 0) is 19.1 Å². The molecule has 0 saturated carbocycles. The smallest absolute Gasteiger partial charge is 0.340 e. The van der Waals surface area contributed by atoms with Gasteiger partial charge in [-0.15, -0.1) is 0 Å². The van der Waals surface area contributed by atoms with E-state index < -0.39 is 24.5 Å². The van der Waals surface area contributed by atoms with Crippen molar-refractivity contribution in [1.82, 2.24) is 0 Å². The molecule has 0 spiro atoms. The predicted molar refractivity (Wildman–Crippen MR) is 127 cm³/mol. The number of hydrogen-bond acceptors (Lipinski definition) is 7. The number of para-hydroxylation sites is 1. The van der Waals surface area contributed by atoms with Gasteiger partial charge in [-0.2, -0.15) is 0 Å². The quantitative estimate of drug-likeness (QED) is 0.245. The molecule has 0 heterocycles. The molecular weight excluding hydrogens is 438 g/mol. The van der Waals surface area contributed by atoms with E-state index in [-0.39, 0.29) is 36.5 Å². The molecule has 0 aromatic heterocycles. The molecule has 1 amide bonds. The van der Waals surface area contributed by atoms with Crippen LogP contribution >= 0.6 is 0 Å². The summed E-state index contributed by atoms with van der Waals surface area (Å²) in [5.74, 6) is -1.35. The van der Waals surface area contributed by atoms with E-state index in [0.717, 1.165) is 19.3 Å². The SMILES string of the molecule is CCCCCOc1ccc(C(=O)CCC(=O)OCC(=O)Nc2ccccc2C(=O)OCC)cc1. The maximum absolute atomic E-state index is 12.3. The third-order valence-electron chi connectivity index (χ3n) is 4.81. The number of ketones is 1. The van der Waals surface area contributed by atoms with Crippen LogP contribution in [-0.4, -0.2) is 43.4 Å². The van der Waals surface area contributed by atoms with Gasteiger partial charge in [0.15, 0.2) is 12.4 Å².